The lowest BCUT2D eigenvalue weighted by Gasteiger charge is -2.09. The summed E-state index contributed by atoms with van der Waals surface area (Å²) >= 11 is 0. The van der Waals surface area contributed by atoms with Gasteiger partial charge in [-0.2, -0.15) is 0 Å². The Labute approximate surface area is 110 Å². The first-order valence-electron chi connectivity index (χ1n) is 6.24. The maximum absolute atomic E-state index is 11.9. The lowest BCUT2D eigenvalue weighted by molar-refractivity contribution is -0.120. The Hall–Kier alpha value is -2.43. The molecule has 3 rings (SSSR count). The number of nitrogens with one attached hydrogen (secondary N) is 2. The second-order valence-corrected chi connectivity index (χ2v) is 4.35. The van der Waals surface area contributed by atoms with Crippen LogP contribution in [0.25, 0.3) is 10.9 Å². The molecule has 1 atom stereocenters. The third kappa shape index (κ3) is 2.14. The Morgan fingerprint density at radius 1 is 1.37 bits per heavy atom. The van der Waals surface area contributed by atoms with Gasteiger partial charge in [-0.25, -0.2) is 0 Å². The SMILES string of the molecule is CCN=C1NC(=O)C(c2ccc3ncccc3c2)N1. The molecule has 2 heterocycles. The molecule has 2 aromatic rings. The van der Waals surface area contributed by atoms with Crippen molar-refractivity contribution in [3.05, 3.63) is 42.1 Å². The number of carbonyl (C=O) groups excluding carboxylic acids is 1. The topological polar surface area (TPSA) is 66.4 Å². The Kier molecular flexibility index (Phi) is 2.87. The molecule has 1 saturated heterocycles. The van der Waals surface area contributed by atoms with Gasteiger partial charge in [-0.3, -0.25) is 20.1 Å². The summed E-state index contributed by atoms with van der Waals surface area (Å²) in [5, 5.41) is 6.85. The molecule has 0 saturated carbocycles. The van der Waals surface area contributed by atoms with Crippen molar-refractivity contribution < 1.29 is 4.79 Å². The third-order valence-corrected chi connectivity index (χ3v) is 3.06. The molecule has 1 aliphatic rings. The van der Waals surface area contributed by atoms with Crippen LogP contribution in [0, 0.1) is 0 Å². The van der Waals surface area contributed by atoms with E-state index in [1.54, 1.807) is 6.20 Å². The first-order valence-corrected chi connectivity index (χ1v) is 6.24. The number of aliphatic imine (C=N–C) groups is 1. The molecule has 1 amide bonds. The number of nitrogens with zero attached hydrogens (tertiary/aromatic N) is 2. The fourth-order valence-corrected chi connectivity index (χ4v) is 2.18. The number of carbonyl (C=O) groups is 1. The number of hydrogen-bond acceptors (Lipinski definition) is 3. The molecule has 0 bridgehead atoms. The quantitative estimate of drug-likeness (QED) is 0.850. The molecule has 1 unspecified atom stereocenters. The molecule has 0 spiro atoms. The van der Waals surface area contributed by atoms with Gasteiger partial charge >= 0.3 is 0 Å². The zero-order chi connectivity index (χ0) is 13.2. The van der Waals surface area contributed by atoms with Gasteiger partial charge in [-0.15, -0.1) is 0 Å². The average molecular weight is 254 g/mol. The fraction of sp³-hybridized carbons (Fsp3) is 0.214. The number of rotatable bonds is 2. The van der Waals surface area contributed by atoms with E-state index in [4.69, 9.17) is 0 Å². The second-order valence-electron chi connectivity index (χ2n) is 4.35. The van der Waals surface area contributed by atoms with Crippen molar-refractivity contribution in [1.29, 1.82) is 0 Å². The summed E-state index contributed by atoms with van der Waals surface area (Å²) in [7, 11) is 0. The first-order chi connectivity index (χ1) is 9.28. The van der Waals surface area contributed by atoms with E-state index in [0.29, 0.717) is 12.5 Å². The van der Waals surface area contributed by atoms with E-state index in [1.165, 1.54) is 0 Å². The van der Waals surface area contributed by atoms with Gasteiger partial charge in [0.15, 0.2) is 5.96 Å². The number of aromatic nitrogens is 1. The van der Waals surface area contributed by atoms with Gasteiger partial charge in [-0.05, 0) is 30.7 Å². The van der Waals surface area contributed by atoms with Gasteiger partial charge in [0, 0.05) is 18.1 Å². The standard InChI is InChI=1S/C14H14N4O/c1-2-15-14-17-12(13(19)18-14)10-5-6-11-9(8-10)4-3-7-16-11/h3-8,12H,2H2,1H3,(H2,15,17,18,19). The molecule has 0 aliphatic carbocycles. The maximum Gasteiger partial charge on any atom is 0.253 e. The predicted octanol–water partition coefficient (Wildman–Crippen LogP) is 1.37. The van der Waals surface area contributed by atoms with E-state index < -0.39 is 0 Å². The van der Waals surface area contributed by atoms with E-state index in [1.807, 2.05) is 37.3 Å². The number of pyridine rings is 1. The van der Waals surface area contributed by atoms with Crippen molar-refractivity contribution in [2.45, 2.75) is 13.0 Å². The highest BCUT2D eigenvalue weighted by molar-refractivity contribution is 6.07. The van der Waals surface area contributed by atoms with Crippen LogP contribution < -0.4 is 10.6 Å². The summed E-state index contributed by atoms with van der Waals surface area (Å²) in [5.41, 5.74) is 1.84. The molecule has 1 aromatic heterocycles. The molecule has 96 valence electrons. The van der Waals surface area contributed by atoms with Gasteiger partial charge in [0.05, 0.1) is 5.52 Å². The van der Waals surface area contributed by atoms with Crippen LogP contribution >= 0.6 is 0 Å². The smallest absolute Gasteiger partial charge is 0.253 e. The average Bonchev–Trinajstić information content (AvgIpc) is 2.79. The van der Waals surface area contributed by atoms with E-state index in [9.17, 15) is 4.79 Å². The van der Waals surface area contributed by atoms with Gasteiger partial charge in [0.25, 0.3) is 5.91 Å². The normalized spacial score (nSPS) is 20.6. The van der Waals surface area contributed by atoms with Crippen LogP contribution in [0.2, 0.25) is 0 Å². The van der Waals surface area contributed by atoms with Crippen LogP contribution in [0.1, 0.15) is 18.5 Å². The molecule has 2 N–H and O–H groups in total. The van der Waals surface area contributed by atoms with Gasteiger partial charge in [0.2, 0.25) is 0 Å². The Morgan fingerprint density at radius 2 is 2.26 bits per heavy atom. The summed E-state index contributed by atoms with van der Waals surface area (Å²) in [6.45, 7) is 2.56. The molecule has 1 aliphatic heterocycles. The van der Waals surface area contributed by atoms with Crippen LogP contribution in [-0.4, -0.2) is 23.4 Å². The fourth-order valence-electron chi connectivity index (χ4n) is 2.18. The molecule has 5 heteroatoms. The monoisotopic (exact) mass is 254 g/mol. The van der Waals surface area contributed by atoms with Crippen LogP contribution in [-0.2, 0) is 4.79 Å². The molecule has 19 heavy (non-hydrogen) atoms. The predicted molar refractivity (Wildman–Crippen MR) is 73.7 cm³/mol. The Balaban J connectivity index is 1.96. The zero-order valence-corrected chi connectivity index (χ0v) is 10.6. The summed E-state index contributed by atoms with van der Waals surface area (Å²) in [6.07, 6.45) is 1.76. The van der Waals surface area contributed by atoms with Crippen molar-refractivity contribution in [1.82, 2.24) is 15.6 Å². The van der Waals surface area contributed by atoms with Crippen molar-refractivity contribution in [2.24, 2.45) is 4.99 Å². The Bertz CT molecular complexity index is 665. The first kappa shape index (κ1) is 11.6. The van der Waals surface area contributed by atoms with Crippen LogP contribution in [0.15, 0.2) is 41.5 Å². The number of amides is 1. The van der Waals surface area contributed by atoms with E-state index in [-0.39, 0.29) is 11.9 Å². The molecular weight excluding hydrogens is 240 g/mol. The summed E-state index contributed by atoms with van der Waals surface area (Å²) in [5.74, 6) is 0.472. The summed E-state index contributed by atoms with van der Waals surface area (Å²) in [4.78, 5) is 20.4. The Morgan fingerprint density at radius 3 is 3.11 bits per heavy atom. The highest BCUT2D eigenvalue weighted by Crippen LogP contribution is 2.21. The number of benzene rings is 1. The van der Waals surface area contributed by atoms with Crippen molar-refractivity contribution >= 4 is 22.8 Å². The van der Waals surface area contributed by atoms with Crippen LogP contribution in [0.3, 0.4) is 0 Å². The van der Waals surface area contributed by atoms with E-state index >= 15 is 0 Å². The highest BCUT2D eigenvalue weighted by atomic mass is 16.2. The van der Waals surface area contributed by atoms with Gasteiger partial charge in [0.1, 0.15) is 6.04 Å². The minimum absolute atomic E-state index is 0.0737. The van der Waals surface area contributed by atoms with Crippen LogP contribution in [0.5, 0.6) is 0 Å². The molecular formula is C14H14N4O. The lowest BCUT2D eigenvalue weighted by atomic mass is 10.0. The van der Waals surface area contributed by atoms with Crippen LogP contribution in [0.4, 0.5) is 0 Å². The van der Waals surface area contributed by atoms with Gasteiger partial charge in [-0.1, -0.05) is 12.1 Å². The number of hydrogen-bond donors (Lipinski definition) is 2. The summed E-state index contributed by atoms with van der Waals surface area (Å²) < 4.78 is 0. The van der Waals surface area contributed by atoms with Crippen molar-refractivity contribution in [3.8, 4) is 0 Å². The number of guanidine groups is 1. The molecule has 1 aromatic carbocycles. The second kappa shape index (κ2) is 4.68. The largest absolute Gasteiger partial charge is 0.340 e. The number of fused-ring (bicyclic) bond motifs is 1. The minimum atomic E-state index is -0.380. The minimum Gasteiger partial charge on any atom is -0.340 e. The highest BCUT2D eigenvalue weighted by Gasteiger charge is 2.29. The summed E-state index contributed by atoms with van der Waals surface area (Å²) in [6, 6.07) is 9.32. The van der Waals surface area contributed by atoms with Gasteiger partial charge < -0.3 is 5.32 Å². The molecule has 0 radical (unpaired) electrons. The van der Waals surface area contributed by atoms with E-state index in [0.717, 1.165) is 16.5 Å². The lowest BCUT2D eigenvalue weighted by Crippen LogP contribution is -2.25. The molecule has 5 nitrogen and oxygen atoms in total. The maximum atomic E-state index is 11.9. The van der Waals surface area contributed by atoms with Crippen molar-refractivity contribution in [3.63, 3.8) is 0 Å². The third-order valence-electron chi connectivity index (χ3n) is 3.06. The zero-order valence-electron chi connectivity index (χ0n) is 10.6. The molecule has 1 fully saturated rings. The van der Waals surface area contributed by atoms with E-state index in [2.05, 4.69) is 20.6 Å². The van der Waals surface area contributed by atoms with Crippen molar-refractivity contribution in [2.75, 3.05) is 6.54 Å².